The van der Waals surface area contributed by atoms with Crippen LogP contribution in [0.5, 0.6) is 0 Å². The SMILES string of the molecule is Cc1ccc(-c2cn3c(CC(=O)Nc4nc5ccccc5s4)csc3n2)cc1. The second kappa shape index (κ2) is 6.85. The number of hydrogen-bond donors (Lipinski definition) is 1. The van der Waals surface area contributed by atoms with Crippen LogP contribution < -0.4 is 5.32 Å². The van der Waals surface area contributed by atoms with Crippen LogP contribution in [0.2, 0.25) is 0 Å². The van der Waals surface area contributed by atoms with Gasteiger partial charge in [0.1, 0.15) is 0 Å². The molecule has 5 rings (SSSR count). The summed E-state index contributed by atoms with van der Waals surface area (Å²) < 4.78 is 3.06. The first-order chi connectivity index (χ1) is 13.7. The third-order valence-corrected chi connectivity index (χ3v) is 6.35. The van der Waals surface area contributed by atoms with E-state index < -0.39 is 0 Å². The third kappa shape index (κ3) is 3.19. The van der Waals surface area contributed by atoms with E-state index in [-0.39, 0.29) is 12.3 Å². The number of rotatable bonds is 4. The van der Waals surface area contributed by atoms with Gasteiger partial charge in [-0.1, -0.05) is 53.3 Å². The highest BCUT2D eigenvalue weighted by Crippen LogP contribution is 2.27. The zero-order valence-electron chi connectivity index (χ0n) is 15.0. The van der Waals surface area contributed by atoms with Crippen molar-refractivity contribution in [2.75, 3.05) is 5.32 Å². The van der Waals surface area contributed by atoms with Gasteiger partial charge >= 0.3 is 0 Å². The molecule has 0 fully saturated rings. The fourth-order valence-corrected chi connectivity index (χ4v) is 4.83. The molecule has 0 radical (unpaired) electrons. The molecule has 0 spiro atoms. The Kier molecular flexibility index (Phi) is 4.18. The molecule has 7 heteroatoms. The first-order valence-corrected chi connectivity index (χ1v) is 10.5. The minimum absolute atomic E-state index is 0.0793. The van der Waals surface area contributed by atoms with E-state index in [0.29, 0.717) is 5.13 Å². The Balaban J connectivity index is 1.37. The molecule has 0 bridgehead atoms. The molecule has 0 unspecified atom stereocenters. The Morgan fingerprint density at radius 3 is 2.75 bits per heavy atom. The van der Waals surface area contributed by atoms with Gasteiger partial charge in [-0.25, -0.2) is 9.97 Å². The largest absolute Gasteiger partial charge is 0.302 e. The Bertz CT molecular complexity index is 1260. The van der Waals surface area contributed by atoms with Crippen molar-refractivity contribution < 1.29 is 4.79 Å². The number of imidazole rings is 1. The van der Waals surface area contributed by atoms with Gasteiger partial charge in [0, 0.05) is 22.8 Å². The van der Waals surface area contributed by atoms with Gasteiger partial charge in [-0.2, -0.15) is 0 Å². The highest BCUT2D eigenvalue weighted by molar-refractivity contribution is 7.22. The van der Waals surface area contributed by atoms with Crippen molar-refractivity contribution in [3.63, 3.8) is 0 Å². The smallest absolute Gasteiger partial charge is 0.232 e. The second-order valence-corrected chi connectivity index (χ2v) is 8.45. The van der Waals surface area contributed by atoms with Crippen LogP contribution in [0.4, 0.5) is 5.13 Å². The van der Waals surface area contributed by atoms with E-state index in [1.54, 1.807) is 11.3 Å². The van der Waals surface area contributed by atoms with E-state index >= 15 is 0 Å². The van der Waals surface area contributed by atoms with E-state index in [0.717, 1.165) is 32.1 Å². The number of nitrogens with zero attached hydrogens (tertiary/aromatic N) is 3. The van der Waals surface area contributed by atoms with Gasteiger partial charge in [0.25, 0.3) is 0 Å². The molecule has 28 heavy (non-hydrogen) atoms. The molecule has 1 N–H and O–H groups in total. The lowest BCUT2D eigenvalue weighted by Crippen LogP contribution is -2.15. The van der Waals surface area contributed by atoms with Crippen LogP contribution in [0.15, 0.2) is 60.1 Å². The number of aromatic nitrogens is 3. The van der Waals surface area contributed by atoms with E-state index in [1.165, 1.54) is 16.9 Å². The number of aryl methyl sites for hydroxylation is 1. The van der Waals surface area contributed by atoms with Crippen molar-refractivity contribution in [2.24, 2.45) is 0 Å². The quantitative estimate of drug-likeness (QED) is 0.450. The van der Waals surface area contributed by atoms with Gasteiger partial charge in [-0.3, -0.25) is 9.20 Å². The molecule has 0 saturated heterocycles. The van der Waals surface area contributed by atoms with E-state index in [2.05, 4.69) is 41.5 Å². The van der Waals surface area contributed by atoms with Gasteiger partial charge in [0.05, 0.1) is 22.3 Å². The van der Waals surface area contributed by atoms with Crippen LogP contribution in [0, 0.1) is 6.92 Å². The van der Waals surface area contributed by atoms with Gasteiger partial charge in [0.2, 0.25) is 5.91 Å². The predicted molar refractivity (Wildman–Crippen MR) is 115 cm³/mol. The Labute approximate surface area is 169 Å². The van der Waals surface area contributed by atoms with E-state index in [1.807, 2.05) is 40.2 Å². The Morgan fingerprint density at radius 2 is 1.93 bits per heavy atom. The minimum atomic E-state index is -0.0793. The molecule has 5 nitrogen and oxygen atoms in total. The summed E-state index contributed by atoms with van der Waals surface area (Å²) in [7, 11) is 0. The van der Waals surface area contributed by atoms with Crippen LogP contribution >= 0.6 is 22.7 Å². The zero-order valence-corrected chi connectivity index (χ0v) is 16.7. The Hall–Kier alpha value is -3.03. The second-order valence-electron chi connectivity index (χ2n) is 6.58. The molecule has 3 heterocycles. The predicted octanol–water partition coefficient (Wildman–Crippen LogP) is 5.16. The summed E-state index contributed by atoms with van der Waals surface area (Å²) in [5.41, 5.74) is 5.03. The number of hydrogen-bond acceptors (Lipinski definition) is 5. The van der Waals surface area contributed by atoms with Crippen molar-refractivity contribution in [1.82, 2.24) is 14.4 Å². The highest BCUT2D eigenvalue weighted by atomic mass is 32.1. The minimum Gasteiger partial charge on any atom is -0.302 e. The summed E-state index contributed by atoms with van der Waals surface area (Å²) in [6, 6.07) is 16.2. The molecular weight excluding hydrogens is 388 g/mol. The Morgan fingerprint density at radius 1 is 1.11 bits per heavy atom. The number of anilines is 1. The molecule has 138 valence electrons. The van der Waals surface area contributed by atoms with Gasteiger partial charge in [-0.05, 0) is 19.1 Å². The summed E-state index contributed by atoms with van der Waals surface area (Å²) in [5.74, 6) is -0.0793. The van der Waals surface area contributed by atoms with Crippen molar-refractivity contribution >= 4 is 48.9 Å². The lowest BCUT2D eigenvalue weighted by molar-refractivity contribution is -0.115. The number of carbonyl (C=O) groups is 1. The van der Waals surface area contributed by atoms with Crippen molar-refractivity contribution in [1.29, 1.82) is 0 Å². The number of nitrogens with one attached hydrogen (secondary N) is 1. The standard InChI is InChI=1S/C21H16N4OS2/c1-13-6-8-14(9-7-13)17-11-25-15(12-27-21(25)23-17)10-19(26)24-20-22-16-4-2-3-5-18(16)28-20/h2-9,11-12H,10H2,1H3,(H,22,24,26). The van der Waals surface area contributed by atoms with Crippen LogP contribution in [0.3, 0.4) is 0 Å². The van der Waals surface area contributed by atoms with Crippen LogP contribution in [0.25, 0.3) is 26.4 Å². The maximum absolute atomic E-state index is 12.5. The van der Waals surface area contributed by atoms with Gasteiger partial charge < -0.3 is 5.32 Å². The molecule has 0 aliphatic rings. The lowest BCUT2D eigenvalue weighted by Gasteiger charge is -2.01. The number of para-hydroxylation sites is 1. The first kappa shape index (κ1) is 17.1. The molecule has 0 aliphatic carbocycles. The average molecular weight is 405 g/mol. The number of fused-ring (bicyclic) bond motifs is 2. The van der Waals surface area contributed by atoms with Crippen molar-refractivity contribution in [3.8, 4) is 11.3 Å². The molecule has 2 aromatic carbocycles. The normalized spacial score (nSPS) is 11.3. The number of thiazole rings is 2. The lowest BCUT2D eigenvalue weighted by atomic mass is 10.1. The summed E-state index contributed by atoms with van der Waals surface area (Å²) >= 11 is 3.03. The van der Waals surface area contributed by atoms with Crippen LogP contribution in [0.1, 0.15) is 11.3 Å². The zero-order chi connectivity index (χ0) is 19.1. The number of amides is 1. The summed E-state index contributed by atoms with van der Waals surface area (Å²) in [6.45, 7) is 2.07. The molecule has 0 atom stereocenters. The highest BCUT2D eigenvalue weighted by Gasteiger charge is 2.14. The number of carbonyl (C=O) groups excluding carboxylic acids is 1. The summed E-state index contributed by atoms with van der Waals surface area (Å²) in [6.07, 6.45) is 2.27. The van der Waals surface area contributed by atoms with E-state index in [4.69, 9.17) is 4.98 Å². The summed E-state index contributed by atoms with van der Waals surface area (Å²) in [4.78, 5) is 22.6. The maximum atomic E-state index is 12.5. The van der Waals surface area contributed by atoms with E-state index in [9.17, 15) is 4.79 Å². The van der Waals surface area contributed by atoms with Crippen molar-refractivity contribution in [2.45, 2.75) is 13.3 Å². The van der Waals surface area contributed by atoms with Crippen LogP contribution in [-0.4, -0.2) is 20.3 Å². The molecule has 3 aromatic heterocycles. The third-order valence-electron chi connectivity index (χ3n) is 4.51. The molecule has 5 aromatic rings. The molecule has 1 amide bonds. The van der Waals surface area contributed by atoms with Gasteiger partial charge in [0.15, 0.2) is 10.1 Å². The molecule has 0 aliphatic heterocycles. The molecule has 0 saturated carbocycles. The molecular formula is C21H16N4OS2. The van der Waals surface area contributed by atoms with Crippen LogP contribution in [-0.2, 0) is 11.2 Å². The monoisotopic (exact) mass is 404 g/mol. The maximum Gasteiger partial charge on any atom is 0.232 e. The average Bonchev–Trinajstić information content (AvgIpc) is 3.37. The fraction of sp³-hybridized carbons (Fsp3) is 0.0952. The number of benzene rings is 2. The first-order valence-electron chi connectivity index (χ1n) is 8.84. The fourth-order valence-electron chi connectivity index (χ4n) is 3.07. The van der Waals surface area contributed by atoms with Crippen molar-refractivity contribution in [3.05, 3.63) is 71.4 Å². The summed E-state index contributed by atoms with van der Waals surface area (Å²) in [5, 5.41) is 5.53. The topological polar surface area (TPSA) is 59.3 Å². The van der Waals surface area contributed by atoms with Gasteiger partial charge in [-0.15, -0.1) is 11.3 Å².